The molecule has 1 aliphatic rings. The van der Waals surface area contributed by atoms with Crippen LogP contribution in [0.1, 0.15) is 51.9 Å². The molecule has 1 aliphatic carbocycles. The van der Waals surface area contributed by atoms with E-state index in [1.54, 1.807) is 0 Å². The molecule has 0 amide bonds. The van der Waals surface area contributed by atoms with Gasteiger partial charge < -0.3 is 5.73 Å². The third kappa shape index (κ3) is 5.84. The fourth-order valence-corrected chi connectivity index (χ4v) is 3.97. The van der Waals surface area contributed by atoms with Gasteiger partial charge in [0, 0.05) is 6.04 Å². The van der Waals surface area contributed by atoms with E-state index in [2.05, 4.69) is 11.6 Å². The van der Waals surface area contributed by atoms with Gasteiger partial charge in [0.2, 0.25) is 10.0 Å². The standard InChI is InChI=1S/C12H26N2O2S/c1-2-4-11-5-7-12(8-6-11)14-17(15,16)10-3-9-13/h11-12,14H,2-10,13H2,1H3. The molecular formula is C12H26N2O2S. The summed E-state index contributed by atoms with van der Waals surface area (Å²) < 4.78 is 26.2. The van der Waals surface area contributed by atoms with Crippen LogP contribution in [0.15, 0.2) is 0 Å². The van der Waals surface area contributed by atoms with E-state index in [1.165, 1.54) is 12.8 Å². The van der Waals surface area contributed by atoms with E-state index in [0.717, 1.165) is 31.6 Å². The summed E-state index contributed by atoms with van der Waals surface area (Å²) in [4.78, 5) is 0. The van der Waals surface area contributed by atoms with E-state index in [4.69, 9.17) is 5.73 Å². The van der Waals surface area contributed by atoms with Crippen molar-refractivity contribution in [3.05, 3.63) is 0 Å². The minimum absolute atomic E-state index is 0.158. The first-order valence-electron chi connectivity index (χ1n) is 6.77. The van der Waals surface area contributed by atoms with Crippen LogP contribution in [-0.4, -0.2) is 26.8 Å². The molecule has 0 aliphatic heterocycles. The van der Waals surface area contributed by atoms with Crippen molar-refractivity contribution in [2.45, 2.75) is 57.9 Å². The second-order valence-corrected chi connectivity index (χ2v) is 6.96. The molecule has 0 aromatic heterocycles. The Morgan fingerprint density at radius 1 is 1.24 bits per heavy atom. The summed E-state index contributed by atoms with van der Waals surface area (Å²) in [6.45, 7) is 2.64. The lowest BCUT2D eigenvalue weighted by Gasteiger charge is -2.28. The summed E-state index contributed by atoms with van der Waals surface area (Å²) in [5.74, 6) is 0.975. The number of hydrogen-bond donors (Lipinski definition) is 2. The van der Waals surface area contributed by atoms with Crippen molar-refractivity contribution < 1.29 is 8.42 Å². The molecule has 0 aromatic carbocycles. The van der Waals surface area contributed by atoms with Gasteiger partial charge in [-0.1, -0.05) is 19.8 Å². The molecule has 0 spiro atoms. The van der Waals surface area contributed by atoms with Gasteiger partial charge in [0.1, 0.15) is 0 Å². The van der Waals surface area contributed by atoms with Crippen LogP contribution in [0.3, 0.4) is 0 Å². The minimum atomic E-state index is -3.10. The van der Waals surface area contributed by atoms with Crippen LogP contribution >= 0.6 is 0 Å². The van der Waals surface area contributed by atoms with Gasteiger partial charge in [-0.05, 0) is 44.6 Å². The molecule has 0 aromatic rings. The molecule has 0 saturated heterocycles. The number of sulfonamides is 1. The summed E-state index contributed by atoms with van der Waals surface area (Å²) in [5.41, 5.74) is 5.33. The summed E-state index contributed by atoms with van der Waals surface area (Å²) in [6.07, 6.45) is 7.37. The third-order valence-corrected chi connectivity index (χ3v) is 5.03. The highest BCUT2D eigenvalue weighted by atomic mass is 32.2. The average Bonchev–Trinajstić information content (AvgIpc) is 2.29. The predicted molar refractivity (Wildman–Crippen MR) is 71.2 cm³/mol. The van der Waals surface area contributed by atoms with Crippen molar-refractivity contribution in [2.24, 2.45) is 11.7 Å². The van der Waals surface area contributed by atoms with Gasteiger partial charge in [0.15, 0.2) is 0 Å². The first-order chi connectivity index (χ1) is 8.07. The lowest BCUT2D eigenvalue weighted by Crippen LogP contribution is -2.39. The van der Waals surface area contributed by atoms with E-state index in [1.807, 2.05) is 0 Å². The van der Waals surface area contributed by atoms with Gasteiger partial charge in [-0.25, -0.2) is 13.1 Å². The molecule has 1 fully saturated rings. The van der Waals surface area contributed by atoms with E-state index in [9.17, 15) is 8.42 Å². The maximum Gasteiger partial charge on any atom is 0.211 e. The van der Waals surface area contributed by atoms with Crippen molar-refractivity contribution in [2.75, 3.05) is 12.3 Å². The van der Waals surface area contributed by atoms with Gasteiger partial charge >= 0.3 is 0 Å². The van der Waals surface area contributed by atoms with Crippen molar-refractivity contribution in [3.63, 3.8) is 0 Å². The van der Waals surface area contributed by atoms with E-state index in [0.29, 0.717) is 13.0 Å². The van der Waals surface area contributed by atoms with E-state index in [-0.39, 0.29) is 11.8 Å². The van der Waals surface area contributed by atoms with Crippen LogP contribution in [0.25, 0.3) is 0 Å². The molecule has 0 bridgehead atoms. The third-order valence-electron chi connectivity index (χ3n) is 3.51. The highest BCUT2D eigenvalue weighted by Gasteiger charge is 2.23. The lowest BCUT2D eigenvalue weighted by molar-refractivity contribution is 0.297. The molecule has 0 heterocycles. The second kappa shape index (κ2) is 7.34. The number of nitrogens with two attached hydrogens (primary N) is 1. The van der Waals surface area contributed by atoms with Gasteiger partial charge in [-0.15, -0.1) is 0 Å². The molecule has 3 N–H and O–H groups in total. The fourth-order valence-electron chi connectivity index (χ4n) is 2.56. The van der Waals surface area contributed by atoms with Gasteiger partial charge in [-0.3, -0.25) is 0 Å². The van der Waals surface area contributed by atoms with Crippen LogP contribution in [0.5, 0.6) is 0 Å². The summed E-state index contributed by atoms with van der Waals surface area (Å²) in [5, 5.41) is 0. The molecule has 5 heteroatoms. The molecule has 0 atom stereocenters. The highest BCUT2D eigenvalue weighted by molar-refractivity contribution is 7.89. The van der Waals surface area contributed by atoms with Crippen LogP contribution in [0.2, 0.25) is 0 Å². The smallest absolute Gasteiger partial charge is 0.211 e. The average molecular weight is 262 g/mol. The van der Waals surface area contributed by atoms with Crippen molar-refractivity contribution in [3.8, 4) is 0 Å². The SMILES string of the molecule is CCCC1CCC(NS(=O)(=O)CCCN)CC1. The van der Waals surface area contributed by atoms with Crippen LogP contribution < -0.4 is 10.5 Å². The first kappa shape index (κ1) is 14.9. The Morgan fingerprint density at radius 2 is 1.88 bits per heavy atom. The zero-order chi connectivity index (χ0) is 12.7. The number of rotatable bonds is 7. The minimum Gasteiger partial charge on any atom is -0.330 e. The second-order valence-electron chi connectivity index (χ2n) is 5.09. The van der Waals surface area contributed by atoms with E-state index < -0.39 is 10.0 Å². The quantitative estimate of drug-likeness (QED) is 0.732. The maximum atomic E-state index is 11.7. The molecule has 4 nitrogen and oxygen atoms in total. The topological polar surface area (TPSA) is 72.2 Å². The van der Waals surface area contributed by atoms with E-state index >= 15 is 0 Å². The fraction of sp³-hybridized carbons (Fsp3) is 1.00. The maximum absolute atomic E-state index is 11.7. The molecule has 17 heavy (non-hydrogen) atoms. The summed E-state index contributed by atoms with van der Waals surface area (Å²) >= 11 is 0. The summed E-state index contributed by atoms with van der Waals surface area (Å²) in [7, 11) is -3.10. The van der Waals surface area contributed by atoms with Gasteiger partial charge in [0.25, 0.3) is 0 Å². The Labute approximate surface area is 105 Å². The Bertz CT molecular complexity index is 296. The lowest BCUT2D eigenvalue weighted by atomic mass is 9.84. The van der Waals surface area contributed by atoms with Crippen molar-refractivity contribution >= 4 is 10.0 Å². The Balaban J connectivity index is 2.30. The van der Waals surface area contributed by atoms with Crippen molar-refractivity contribution in [1.29, 1.82) is 0 Å². The molecule has 102 valence electrons. The van der Waals surface area contributed by atoms with Crippen molar-refractivity contribution in [1.82, 2.24) is 4.72 Å². The molecule has 1 saturated carbocycles. The molecular weight excluding hydrogens is 236 g/mol. The molecule has 1 rings (SSSR count). The zero-order valence-electron chi connectivity index (χ0n) is 10.8. The number of hydrogen-bond acceptors (Lipinski definition) is 3. The monoisotopic (exact) mass is 262 g/mol. The first-order valence-corrected chi connectivity index (χ1v) is 8.42. The predicted octanol–water partition coefficient (Wildman–Crippen LogP) is 1.61. The zero-order valence-corrected chi connectivity index (χ0v) is 11.6. The normalized spacial score (nSPS) is 26.0. The van der Waals surface area contributed by atoms with Gasteiger partial charge in [0.05, 0.1) is 5.75 Å². The Morgan fingerprint density at radius 3 is 2.41 bits per heavy atom. The van der Waals surface area contributed by atoms with Crippen LogP contribution in [0, 0.1) is 5.92 Å². The number of nitrogens with one attached hydrogen (secondary N) is 1. The Kier molecular flexibility index (Phi) is 6.44. The van der Waals surface area contributed by atoms with Crippen LogP contribution in [-0.2, 0) is 10.0 Å². The molecule has 0 radical (unpaired) electrons. The summed E-state index contributed by atoms with van der Waals surface area (Å²) in [6, 6.07) is 0.158. The highest BCUT2D eigenvalue weighted by Crippen LogP contribution is 2.27. The largest absolute Gasteiger partial charge is 0.330 e. The van der Waals surface area contributed by atoms with Crippen LogP contribution in [0.4, 0.5) is 0 Å². The Hall–Kier alpha value is -0.130. The molecule has 0 unspecified atom stereocenters. The van der Waals surface area contributed by atoms with Gasteiger partial charge in [-0.2, -0.15) is 0 Å².